The van der Waals surface area contributed by atoms with Gasteiger partial charge in [0.25, 0.3) is 0 Å². The summed E-state index contributed by atoms with van der Waals surface area (Å²) in [5.74, 6) is 0.235. The van der Waals surface area contributed by atoms with E-state index in [4.69, 9.17) is 0 Å². The van der Waals surface area contributed by atoms with Gasteiger partial charge in [0.05, 0.1) is 17.6 Å². The summed E-state index contributed by atoms with van der Waals surface area (Å²) in [7, 11) is 1.88. The van der Waals surface area contributed by atoms with Crippen LogP contribution in [0.2, 0.25) is 0 Å². The summed E-state index contributed by atoms with van der Waals surface area (Å²) < 4.78 is 15.9. The molecule has 106 valence electrons. The smallest absolute Gasteiger partial charge is 0.165 e. The normalized spacial score (nSPS) is 15.7. The maximum absolute atomic E-state index is 14.1. The van der Waals surface area contributed by atoms with Crippen molar-refractivity contribution in [3.05, 3.63) is 29.7 Å². The van der Waals surface area contributed by atoms with Crippen LogP contribution in [0.25, 0.3) is 11.4 Å². The fraction of sp³-hybridized carbons (Fsp3) is 0.467. The lowest BCUT2D eigenvalue weighted by molar-refractivity contribution is 0.550. The van der Waals surface area contributed by atoms with E-state index in [0.717, 1.165) is 42.9 Å². The Morgan fingerprint density at radius 1 is 1.15 bits per heavy atom. The molecule has 5 heteroatoms. The van der Waals surface area contributed by atoms with Crippen LogP contribution in [0.15, 0.2) is 18.3 Å². The molecule has 0 amide bonds. The van der Waals surface area contributed by atoms with Crippen LogP contribution >= 0.6 is 0 Å². The fourth-order valence-corrected chi connectivity index (χ4v) is 2.81. The average Bonchev–Trinajstić information content (AvgIpc) is 2.80. The van der Waals surface area contributed by atoms with E-state index < -0.39 is 0 Å². The fourth-order valence-electron chi connectivity index (χ4n) is 2.81. The Morgan fingerprint density at radius 3 is 2.55 bits per heavy atom. The van der Waals surface area contributed by atoms with Gasteiger partial charge in [-0.2, -0.15) is 5.10 Å². The first kappa shape index (κ1) is 13.1. The average molecular weight is 274 g/mol. The Balaban J connectivity index is 2.02. The standard InChI is InChI=1S/C15H19FN4/c1-11-10-17-19(2)14(11)13-7-6-12(16)15(18-13)20-8-4-3-5-9-20/h6-7,10H,3-5,8-9H2,1-2H3. The van der Waals surface area contributed by atoms with Gasteiger partial charge in [-0.15, -0.1) is 0 Å². The van der Waals surface area contributed by atoms with Gasteiger partial charge in [0.1, 0.15) is 0 Å². The lowest BCUT2D eigenvalue weighted by Crippen LogP contribution is -2.31. The highest BCUT2D eigenvalue weighted by atomic mass is 19.1. The molecule has 0 bridgehead atoms. The zero-order chi connectivity index (χ0) is 14.1. The van der Waals surface area contributed by atoms with Crippen LogP contribution in [-0.4, -0.2) is 27.9 Å². The number of pyridine rings is 1. The molecule has 1 saturated heterocycles. The molecule has 3 heterocycles. The van der Waals surface area contributed by atoms with Crippen molar-refractivity contribution in [1.29, 1.82) is 0 Å². The van der Waals surface area contributed by atoms with Crippen molar-refractivity contribution in [2.24, 2.45) is 7.05 Å². The second-order valence-corrected chi connectivity index (χ2v) is 5.35. The third-order valence-electron chi connectivity index (χ3n) is 3.85. The number of piperidine rings is 1. The molecule has 0 radical (unpaired) electrons. The third kappa shape index (κ3) is 2.28. The first-order valence-electron chi connectivity index (χ1n) is 7.07. The van der Waals surface area contributed by atoms with E-state index in [-0.39, 0.29) is 5.82 Å². The van der Waals surface area contributed by atoms with Crippen LogP contribution in [0.4, 0.5) is 10.2 Å². The number of aryl methyl sites for hydroxylation is 2. The minimum atomic E-state index is -0.240. The van der Waals surface area contributed by atoms with Crippen LogP contribution < -0.4 is 4.90 Å². The highest BCUT2D eigenvalue weighted by molar-refractivity contribution is 5.61. The molecule has 1 fully saturated rings. The molecular weight excluding hydrogens is 255 g/mol. The van der Waals surface area contributed by atoms with E-state index in [1.807, 2.05) is 18.9 Å². The van der Waals surface area contributed by atoms with Gasteiger partial charge in [-0.25, -0.2) is 9.37 Å². The van der Waals surface area contributed by atoms with Crippen molar-refractivity contribution in [1.82, 2.24) is 14.8 Å². The quantitative estimate of drug-likeness (QED) is 0.844. The summed E-state index contributed by atoms with van der Waals surface area (Å²) in [5, 5.41) is 4.23. The Kier molecular flexibility index (Phi) is 3.42. The molecule has 4 nitrogen and oxygen atoms in total. The van der Waals surface area contributed by atoms with Crippen LogP contribution in [0.1, 0.15) is 24.8 Å². The van der Waals surface area contributed by atoms with Crippen molar-refractivity contribution in [2.45, 2.75) is 26.2 Å². The van der Waals surface area contributed by atoms with Gasteiger partial charge in [-0.3, -0.25) is 4.68 Å². The summed E-state index contributed by atoms with van der Waals surface area (Å²) in [6, 6.07) is 3.24. The number of aromatic nitrogens is 3. The van der Waals surface area contributed by atoms with Gasteiger partial charge >= 0.3 is 0 Å². The van der Waals surface area contributed by atoms with Gasteiger partial charge in [0.2, 0.25) is 0 Å². The van der Waals surface area contributed by atoms with E-state index in [0.29, 0.717) is 5.82 Å². The Morgan fingerprint density at radius 2 is 1.90 bits per heavy atom. The maximum atomic E-state index is 14.1. The molecule has 1 aliphatic rings. The molecule has 0 saturated carbocycles. The summed E-state index contributed by atoms with van der Waals surface area (Å²) >= 11 is 0. The molecule has 0 aromatic carbocycles. The zero-order valence-corrected chi connectivity index (χ0v) is 11.9. The highest BCUT2D eigenvalue weighted by Gasteiger charge is 2.18. The van der Waals surface area contributed by atoms with Crippen molar-refractivity contribution >= 4 is 5.82 Å². The van der Waals surface area contributed by atoms with Gasteiger partial charge in [-0.05, 0) is 43.9 Å². The van der Waals surface area contributed by atoms with Gasteiger partial charge in [0.15, 0.2) is 11.6 Å². The molecule has 0 unspecified atom stereocenters. The largest absolute Gasteiger partial charge is 0.354 e. The van der Waals surface area contributed by atoms with E-state index in [1.54, 1.807) is 16.9 Å². The summed E-state index contributed by atoms with van der Waals surface area (Å²) in [5.41, 5.74) is 2.78. The van der Waals surface area contributed by atoms with E-state index in [9.17, 15) is 4.39 Å². The van der Waals surface area contributed by atoms with Crippen LogP contribution in [-0.2, 0) is 7.05 Å². The minimum Gasteiger partial charge on any atom is -0.354 e. The number of halogens is 1. The lowest BCUT2D eigenvalue weighted by atomic mass is 10.1. The number of hydrogen-bond donors (Lipinski definition) is 0. The molecule has 3 rings (SSSR count). The molecule has 0 atom stereocenters. The van der Waals surface area contributed by atoms with Crippen LogP contribution in [0.5, 0.6) is 0 Å². The SMILES string of the molecule is Cc1cnn(C)c1-c1ccc(F)c(N2CCCCC2)n1. The Hall–Kier alpha value is -1.91. The number of hydrogen-bond acceptors (Lipinski definition) is 3. The van der Waals surface area contributed by atoms with E-state index in [2.05, 4.69) is 10.1 Å². The van der Waals surface area contributed by atoms with Crippen molar-refractivity contribution < 1.29 is 4.39 Å². The number of nitrogens with zero attached hydrogens (tertiary/aromatic N) is 4. The van der Waals surface area contributed by atoms with Crippen molar-refractivity contribution in [2.75, 3.05) is 18.0 Å². The van der Waals surface area contributed by atoms with Gasteiger partial charge in [-0.1, -0.05) is 0 Å². The molecule has 1 aliphatic heterocycles. The van der Waals surface area contributed by atoms with E-state index in [1.165, 1.54) is 12.5 Å². The van der Waals surface area contributed by atoms with Crippen LogP contribution in [0, 0.1) is 12.7 Å². The lowest BCUT2D eigenvalue weighted by Gasteiger charge is -2.28. The first-order valence-corrected chi connectivity index (χ1v) is 7.07. The second-order valence-electron chi connectivity index (χ2n) is 5.35. The molecule has 20 heavy (non-hydrogen) atoms. The van der Waals surface area contributed by atoms with Gasteiger partial charge in [0, 0.05) is 20.1 Å². The third-order valence-corrected chi connectivity index (χ3v) is 3.85. The molecule has 0 N–H and O–H groups in total. The molecule has 0 aliphatic carbocycles. The molecular formula is C15H19FN4. The minimum absolute atomic E-state index is 0.240. The topological polar surface area (TPSA) is 34.0 Å². The highest BCUT2D eigenvalue weighted by Crippen LogP contribution is 2.26. The molecule has 2 aromatic heterocycles. The zero-order valence-electron chi connectivity index (χ0n) is 11.9. The molecule has 0 spiro atoms. The predicted octanol–water partition coefficient (Wildman–Crippen LogP) is 2.92. The Bertz CT molecular complexity index is 595. The summed E-state index contributed by atoms with van der Waals surface area (Å²) in [6.45, 7) is 3.77. The summed E-state index contributed by atoms with van der Waals surface area (Å²) in [4.78, 5) is 6.60. The number of rotatable bonds is 2. The monoisotopic (exact) mass is 274 g/mol. The van der Waals surface area contributed by atoms with Crippen molar-refractivity contribution in [3.63, 3.8) is 0 Å². The maximum Gasteiger partial charge on any atom is 0.165 e. The number of anilines is 1. The summed E-state index contributed by atoms with van der Waals surface area (Å²) in [6.07, 6.45) is 5.24. The second kappa shape index (κ2) is 5.23. The Labute approximate surface area is 118 Å². The van der Waals surface area contributed by atoms with Crippen molar-refractivity contribution in [3.8, 4) is 11.4 Å². The van der Waals surface area contributed by atoms with E-state index >= 15 is 0 Å². The van der Waals surface area contributed by atoms with Gasteiger partial charge < -0.3 is 4.90 Å². The molecule has 2 aromatic rings. The van der Waals surface area contributed by atoms with Crippen LogP contribution in [0.3, 0.4) is 0 Å². The first-order chi connectivity index (χ1) is 9.66. The predicted molar refractivity (Wildman–Crippen MR) is 77.2 cm³/mol.